The topological polar surface area (TPSA) is 49.3 Å². The van der Waals surface area contributed by atoms with Gasteiger partial charge in [-0.3, -0.25) is 4.79 Å². The number of hydrogen-bond acceptors (Lipinski definition) is 2. The van der Waals surface area contributed by atoms with Crippen molar-refractivity contribution in [3.8, 4) is 0 Å². The molecule has 0 saturated heterocycles. The second-order valence-electron chi connectivity index (χ2n) is 2.94. The molecule has 0 heterocycles. The predicted molar refractivity (Wildman–Crippen MR) is 43.6 cm³/mol. The maximum absolute atomic E-state index is 10.2. The molecule has 1 atom stereocenters. The maximum atomic E-state index is 10.2. The Hall–Kier alpha value is 0.430. The molecular weight excluding hydrogens is 153 g/mol. The van der Waals surface area contributed by atoms with Gasteiger partial charge in [0, 0.05) is 41.6 Å². The monoisotopic (exact) mass is 166 g/mol. The first-order valence-electron chi connectivity index (χ1n) is 3.66. The summed E-state index contributed by atoms with van der Waals surface area (Å²) in [7, 11) is 0. The van der Waals surface area contributed by atoms with Crippen LogP contribution in [0.15, 0.2) is 0 Å². The molecular formula is C7H13NNaO2. The third kappa shape index (κ3) is 5.67. The summed E-state index contributed by atoms with van der Waals surface area (Å²) in [4.78, 5) is 10.2. The summed E-state index contributed by atoms with van der Waals surface area (Å²) >= 11 is 0. The van der Waals surface area contributed by atoms with Gasteiger partial charge in [0.1, 0.15) is 0 Å². The van der Waals surface area contributed by atoms with Crippen molar-refractivity contribution in [1.82, 2.24) is 5.32 Å². The van der Waals surface area contributed by atoms with Crippen LogP contribution in [0.3, 0.4) is 0 Å². The van der Waals surface area contributed by atoms with Gasteiger partial charge in [-0.05, 0) is 19.8 Å². The molecule has 1 fully saturated rings. The molecule has 59 valence electrons. The summed E-state index contributed by atoms with van der Waals surface area (Å²) in [6, 6.07) is 0.736. The molecule has 1 unspecified atom stereocenters. The molecule has 1 rings (SSSR count). The molecule has 0 aromatic carbocycles. The summed E-state index contributed by atoms with van der Waals surface area (Å²) in [6.07, 6.45) is 2.66. The molecule has 0 bridgehead atoms. The SMILES string of the molecule is CC(CC(=O)O)NC1CC1.[Na]. The van der Waals surface area contributed by atoms with Crippen LogP contribution < -0.4 is 5.32 Å². The Balaban J connectivity index is 0.000001000. The first-order valence-corrected chi connectivity index (χ1v) is 3.66. The average molecular weight is 166 g/mol. The quantitative estimate of drug-likeness (QED) is 0.587. The van der Waals surface area contributed by atoms with Crippen molar-refractivity contribution >= 4 is 35.5 Å². The van der Waals surface area contributed by atoms with Gasteiger partial charge in [-0.25, -0.2) is 0 Å². The minimum Gasteiger partial charge on any atom is -0.481 e. The smallest absolute Gasteiger partial charge is 0.304 e. The fraction of sp³-hybridized carbons (Fsp3) is 0.857. The second kappa shape index (κ2) is 5.14. The maximum Gasteiger partial charge on any atom is 0.304 e. The van der Waals surface area contributed by atoms with Gasteiger partial charge in [0.25, 0.3) is 0 Å². The zero-order valence-electron chi connectivity index (χ0n) is 7.13. The molecule has 2 N–H and O–H groups in total. The van der Waals surface area contributed by atoms with E-state index in [1.165, 1.54) is 12.8 Å². The molecule has 3 nitrogen and oxygen atoms in total. The van der Waals surface area contributed by atoms with Gasteiger partial charge in [-0.1, -0.05) is 0 Å². The third-order valence-corrected chi connectivity index (χ3v) is 1.58. The summed E-state index contributed by atoms with van der Waals surface area (Å²) in [5.41, 5.74) is 0. The standard InChI is InChI=1S/C7H13NO2.Na/c1-5(4-7(9)10)8-6-2-3-6;/h5-6,8H,2-4H2,1H3,(H,9,10);. The van der Waals surface area contributed by atoms with E-state index in [4.69, 9.17) is 5.11 Å². The number of nitrogens with one attached hydrogen (secondary N) is 1. The molecule has 0 spiro atoms. The molecule has 0 aromatic rings. The van der Waals surface area contributed by atoms with Gasteiger partial charge in [0.05, 0.1) is 6.42 Å². The van der Waals surface area contributed by atoms with Crippen LogP contribution in [0.4, 0.5) is 0 Å². The van der Waals surface area contributed by atoms with Crippen molar-refractivity contribution in [2.45, 2.75) is 38.3 Å². The van der Waals surface area contributed by atoms with Gasteiger partial charge in [0.2, 0.25) is 0 Å². The largest absolute Gasteiger partial charge is 0.481 e. The molecule has 0 amide bonds. The Morgan fingerprint density at radius 2 is 2.27 bits per heavy atom. The number of carboxylic acid groups (broad SMARTS) is 1. The fourth-order valence-corrected chi connectivity index (χ4v) is 0.973. The molecule has 4 heteroatoms. The van der Waals surface area contributed by atoms with Gasteiger partial charge >= 0.3 is 5.97 Å². The molecule has 1 saturated carbocycles. The van der Waals surface area contributed by atoms with Crippen molar-refractivity contribution in [3.05, 3.63) is 0 Å². The number of hydrogen-bond donors (Lipinski definition) is 2. The van der Waals surface area contributed by atoms with Gasteiger partial charge in [-0.15, -0.1) is 0 Å². The minimum atomic E-state index is -0.722. The van der Waals surface area contributed by atoms with E-state index in [1.807, 2.05) is 6.92 Å². The van der Waals surface area contributed by atoms with Crippen molar-refractivity contribution in [1.29, 1.82) is 0 Å². The number of aliphatic carboxylic acids is 1. The Morgan fingerprint density at radius 1 is 1.73 bits per heavy atom. The minimum absolute atomic E-state index is 0. The van der Waals surface area contributed by atoms with Crippen LogP contribution in [0.25, 0.3) is 0 Å². The van der Waals surface area contributed by atoms with Crippen LogP contribution >= 0.6 is 0 Å². The van der Waals surface area contributed by atoms with E-state index in [0.29, 0.717) is 6.04 Å². The van der Waals surface area contributed by atoms with E-state index in [-0.39, 0.29) is 42.0 Å². The first-order chi connectivity index (χ1) is 4.68. The van der Waals surface area contributed by atoms with E-state index in [0.717, 1.165) is 0 Å². The van der Waals surface area contributed by atoms with Gasteiger partial charge < -0.3 is 10.4 Å². The van der Waals surface area contributed by atoms with Crippen molar-refractivity contribution < 1.29 is 9.90 Å². The van der Waals surface area contributed by atoms with E-state index in [1.54, 1.807) is 0 Å². The average Bonchev–Trinajstić information content (AvgIpc) is 2.46. The van der Waals surface area contributed by atoms with Gasteiger partial charge in [-0.2, -0.15) is 0 Å². The Kier molecular flexibility index (Phi) is 5.34. The van der Waals surface area contributed by atoms with Crippen molar-refractivity contribution in [2.24, 2.45) is 0 Å². The zero-order chi connectivity index (χ0) is 7.56. The Bertz CT molecular complexity index is 136. The summed E-state index contributed by atoms with van der Waals surface area (Å²) in [6.45, 7) is 1.91. The Morgan fingerprint density at radius 3 is 2.64 bits per heavy atom. The van der Waals surface area contributed by atoms with E-state index in [9.17, 15) is 4.79 Å². The first kappa shape index (κ1) is 11.4. The van der Waals surface area contributed by atoms with Crippen LogP contribution in [0.5, 0.6) is 0 Å². The molecule has 1 aliphatic carbocycles. The summed E-state index contributed by atoms with van der Waals surface area (Å²) in [5, 5.41) is 11.6. The van der Waals surface area contributed by atoms with Crippen LogP contribution in [0.1, 0.15) is 26.2 Å². The number of carbonyl (C=O) groups is 1. The molecule has 0 aliphatic heterocycles. The zero-order valence-corrected chi connectivity index (χ0v) is 9.13. The van der Waals surface area contributed by atoms with Crippen molar-refractivity contribution in [2.75, 3.05) is 0 Å². The van der Waals surface area contributed by atoms with Gasteiger partial charge in [0.15, 0.2) is 0 Å². The summed E-state index contributed by atoms with van der Waals surface area (Å²) in [5.74, 6) is -0.722. The third-order valence-electron chi connectivity index (χ3n) is 1.58. The molecule has 11 heavy (non-hydrogen) atoms. The van der Waals surface area contributed by atoms with Crippen LogP contribution in [0.2, 0.25) is 0 Å². The Labute approximate surface area is 88.8 Å². The van der Waals surface area contributed by atoms with Crippen LogP contribution in [0, 0.1) is 0 Å². The van der Waals surface area contributed by atoms with E-state index in [2.05, 4.69) is 5.32 Å². The van der Waals surface area contributed by atoms with Crippen LogP contribution in [-0.4, -0.2) is 52.7 Å². The molecule has 1 aliphatic rings. The number of carboxylic acids is 1. The second-order valence-corrected chi connectivity index (χ2v) is 2.94. The molecule has 1 radical (unpaired) electrons. The van der Waals surface area contributed by atoms with E-state index >= 15 is 0 Å². The normalized spacial score (nSPS) is 18.6. The van der Waals surface area contributed by atoms with E-state index < -0.39 is 5.97 Å². The summed E-state index contributed by atoms with van der Waals surface area (Å²) < 4.78 is 0. The number of rotatable bonds is 4. The van der Waals surface area contributed by atoms with Crippen molar-refractivity contribution in [3.63, 3.8) is 0 Å². The molecule has 0 aromatic heterocycles. The fourth-order valence-electron chi connectivity index (χ4n) is 0.973. The predicted octanol–water partition coefficient (Wildman–Crippen LogP) is 0.221. The van der Waals surface area contributed by atoms with Crippen LogP contribution in [-0.2, 0) is 4.79 Å².